The van der Waals surface area contributed by atoms with Crippen molar-refractivity contribution >= 4 is 16.7 Å². The number of hydrogen-bond acceptors (Lipinski definition) is 3. The topological polar surface area (TPSA) is 72.2 Å². The number of nitrogens with two attached hydrogens (primary N) is 1. The van der Waals surface area contributed by atoms with Gasteiger partial charge in [0.05, 0.1) is 0 Å². The standard InChI is InChI=1S/C11H24N2O2S/c1-5-10(12)6-16(15)7-11(14)13-9(4)8(2)3/h8-10H,5-7,12H2,1-4H3,(H,13,14). The van der Waals surface area contributed by atoms with E-state index in [0.717, 1.165) is 6.42 Å². The summed E-state index contributed by atoms with van der Waals surface area (Å²) in [5, 5.41) is 2.83. The molecule has 1 amide bonds. The lowest BCUT2D eigenvalue weighted by Crippen LogP contribution is -2.39. The molecule has 0 aromatic rings. The van der Waals surface area contributed by atoms with Crippen LogP contribution in [0.25, 0.3) is 0 Å². The molecule has 0 bridgehead atoms. The number of hydrogen-bond donors (Lipinski definition) is 2. The highest BCUT2D eigenvalue weighted by molar-refractivity contribution is 7.85. The van der Waals surface area contributed by atoms with Crippen LogP contribution in [-0.4, -0.2) is 33.7 Å². The minimum atomic E-state index is -1.15. The fraction of sp³-hybridized carbons (Fsp3) is 0.909. The van der Waals surface area contributed by atoms with Gasteiger partial charge in [0.2, 0.25) is 5.91 Å². The van der Waals surface area contributed by atoms with Crippen LogP contribution in [0.4, 0.5) is 0 Å². The first-order valence-corrected chi connectivity index (χ1v) is 7.25. The average Bonchev–Trinajstić information content (AvgIpc) is 2.16. The van der Waals surface area contributed by atoms with Crippen molar-refractivity contribution in [2.45, 2.75) is 46.2 Å². The molecule has 0 saturated carbocycles. The number of carbonyl (C=O) groups excluding carboxylic acids is 1. The van der Waals surface area contributed by atoms with Gasteiger partial charge in [0.15, 0.2) is 0 Å². The van der Waals surface area contributed by atoms with E-state index >= 15 is 0 Å². The summed E-state index contributed by atoms with van der Waals surface area (Å²) in [5.41, 5.74) is 5.67. The Hall–Kier alpha value is -0.420. The van der Waals surface area contributed by atoms with Gasteiger partial charge in [-0.1, -0.05) is 20.8 Å². The second kappa shape index (κ2) is 7.79. The van der Waals surface area contributed by atoms with Crippen molar-refractivity contribution in [2.24, 2.45) is 11.7 Å². The smallest absolute Gasteiger partial charge is 0.232 e. The van der Waals surface area contributed by atoms with Crippen LogP contribution in [0, 0.1) is 5.92 Å². The third-order valence-corrected chi connectivity index (χ3v) is 3.99. The van der Waals surface area contributed by atoms with Crippen molar-refractivity contribution in [2.75, 3.05) is 11.5 Å². The normalized spacial score (nSPS) is 16.9. The molecular weight excluding hydrogens is 224 g/mol. The van der Waals surface area contributed by atoms with Gasteiger partial charge in [-0.15, -0.1) is 0 Å². The van der Waals surface area contributed by atoms with E-state index in [1.807, 2.05) is 27.7 Å². The molecule has 0 aromatic heterocycles. The molecule has 0 heterocycles. The van der Waals surface area contributed by atoms with Gasteiger partial charge in [0, 0.05) is 28.6 Å². The molecule has 0 aromatic carbocycles. The van der Waals surface area contributed by atoms with Gasteiger partial charge in [-0.2, -0.15) is 0 Å². The number of rotatable bonds is 7. The van der Waals surface area contributed by atoms with Crippen LogP contribution in [-0.2, 0) is 15.6 Å². The molecule has 0 fully saturated rings. The van der Waals surface area contributed by atoms with Crippen LogP contribution in [0.3, 0.4) is 0 Å². The number of nitrogens with one attached hydrogen (secondary N) is 1. The van der Waals surface area contributed by atoms with E-state index in [1.54, 1.807) is 0 Å². The van der Waals surface area contributed by atoms with Gasteiger partial charge in [-0.3, -0.25) is 9.00 Å². The zero-order valence-electron chi connectivity index (χ0n) is 10.7. The summed E-state index contributed by atoms with van der Waals surface area (Å²) in [6, 6.07) is 0.0421. The highest BCUT2D eigenvalue weighted by atomic mass is 32.2. The summed E-state index contributed by atoms with van der Waals surface area (Å²) in [4.78, 5) is 11.5. The van der Waals surface area contributed by atoms with Crippen LogP contribution < -0.4 is 11.1 Å². The third kappa shape index (κ3) is 6.95. The van der Waals surface area contributed by atoms with Crippen LogP contribution >= 0.6 is 0 Å². The first-order valence-electron chi connectivity index (χ1n) is 5.76. The quantitative estimate of drug-likeness (QED) is 0.694. The summed E-state index contributed by atoms with van der Waals surface area (Å²) in [6.07, 6.45) is 0.787. The first-order chi connectivity index (χ1) is 7.36. The highest BCUT2D eigenvalue weighted by Gasteiger charge is 2.14. The SMILES string of the molecule is CCC(N)CS(=O)CC(=O)NC(C)C(C)C. The van der Waals surface area contributed by atoms with Crippen LogP contribution in [0.1, 0.15) is 34.1 Å². The predicted molar refractivity (Wildman–Crippen MR) is 68.6 cm³/mol. The molecule has 0 radical (unpaired) electrons. The van der Waals surface area contributed by atoms with Gasteiger partial charge in [-0.05, 0) is 19.3 Å². The van der Waals surface area contributed by atoms with Gasteiger partial charge in [-0.25, -0.2) is 0 Å². The lowest BCUT2D eigenvalue weighted by Gasteiger charge is -2.17. The lowest BCUT2D eigenvalue weighted by molar-refractivity contribution is -0.119. The van der Waals surface area contributed by atoms with Crippen molar-refractivity contribution in [1.29, 1.82) is 0 Å². The van der Waals surface area contributed by atoms with E-state index in [-0.39, 0.29) is 23.7 Å². The molecule has 96 valence electrons. The molecule has 0 aliphatic heterocycles. The first kappa shape index (κ1) is 15.6. The minimum Gasteiger partial charge on any atom is -0.353 e. The summed E-state index contributed by atoms with van der Waals surface area (Å²) < 4.78 is 11.5. The van der Waals surface area contributed by atoms with Crippen molar-refractivity contribution in [3.8, 4) is 0 Å². The summed E-state index contributed by atoms with van der Waals surface area (Å²) in [7, 11) is -1.15. The molecule has 0 aliphatic rings. The number of carbonyl (C=O) groups is 1. The molecule has 16 heavy (non-hydrogen) atoms. The molecule has 0 rings (SSSR count). The van der Waals surface area contributed by atoms with E-state index in [1.165, 1.54) is 0 Å². The maximum Gasteiger partial charge on any atom is 0.232 e. The Morgan fingerprint density at radius 3 is 2.38 bits per heavy atom. The molecule has 0 saturated heterocycles. The second-order valence-electron chi connectivity index (χ2n) is 4.52. The maximum atomic E-state index is 11.5. The Kier molecular flexibility index (Phi) is 7.58. The van der Waals surface area contributed by atoms with Crippen LogP contribution in [0.15, 0.2) is 0 Å². The van der Waals surface area contributed by atoms with Gasteiger partial charge in [0.25, 0.3) is 0 Å². The Morgan fingerprint density at radius 1 is 1.38 bits per heavy atom. The second-order valence-corrected chi connectivity index (χ2v) is 6.02. The Morgan fingerprint density at radius 2 is 1.94 bits per heavy atom. The maximum absolute atomic E-state index is 11.5. The Balaban J connectivity index is 3.92. The molecule has 0 aliphatic carbocycles. The third-order valence-electron chi connectivity index (χ3n) is 2.61. The van der Waals surface area contributed by atoms with Gasteiger partial charge in [0.1, 0.15) is 5.75 Å². The zero-order valence-corrected chi connectivity index (χ0v) is 11.5. The van der Waals surface area contributed by atoms with Crippen LogP contribution in [0.5, 0.6) is 0 Å². The lowest BCUT2D eigenvalue weighted by atomic mass is 10.1. The fourth-order valence-corrected chi connectivity index (χ4v) is 2.23. The zero-order chi connectivity index (χ0) is 12.7. The predicted octanol–water partition coefficient (Wildman–Crippen LogP) is 0.633. The fourth-order valence-electron chi connectivity index (χ4n) is 1.02. The van der Waals surface area contributed by atoms with Gasteiger partial charge >= 0.3 is 0 Å². The van der Waals surface area contributed by atoms with Crippen LogP contribution in [0.2, 0.25) is 0 Å². The number of amides is 1. The van der Waals surface area contributed by atoms with E-state index in [0.29, 0.717) is 11.7 Å². The summed E-state index contributed by atoms with van der Waals surface area (Å²) in [6.45, 7) is 7.97. The summed E-state index contributed by atoms with van der Waals surface area (Å²) >= 11 is 0. The average molecular weight is 248 g/mol. The molecule has 3 N–H and O–H groups in total. The van der Waals surface area contributed by atoms with Crippen molar-refractivity contribution < 1.29 is 9.00 Å². The van der Waals surface area contributed by atoms with E-state index < -0.39 is 10.8 Å². The Labute approximate surface area is 101 Å². The monoisotopic (exact) mass is 248 g/mol. The molecule has 4 nitrogen and oxygen atoms in total. The van der Waals surface area contributed by atoms with Crippen molar-refractivity contribution in [3.63, 3.8) is 0 Å². The Bertz CT molecular complexity index is 244. The van der Waals surface area contributed by atoms with Gasteiger partial charge < -0.3 is 11.1 Å². The molecule has 3 unspecified atom stereocenters. The molecule has 5 heteroatoms. The van der Waals surface area contributed by atoms with Crippen molar-refractivity contribution in [1.82, 2.24) is 5.32 Å². The minimum absolute atomic E-state index is 0.0603. The highest BCUT2D eigenvalue weighted by Crippen LogP contribution is 2.00. The van der Waals surface area contributed by atoms with E-state index in [9.17, 15) is 9.00 Å². The van der Waals surface area contributed by atoms with E-state index in [4.69, 9.17) is 5.73 Å². The molecule has 3 atom stereocenters. The molecular formula is C11H24N2O2S. The molecule has 0 spiro atoms. The largest absolute Gasteiger partial charge is 0.353 e. The summed E-state index contributed by atoms with van der Waals surface area (Å²) in [5.74, 6) is 0.697. The van der Waals surface area contributed by atoms with E-state index in [2.05, 4.69) is 5.32 Å². The van der Waals surface area contributed by atoms with Crippen molar-refractivity contribution in [3.05, 3.63) is 0 Å².